The topological polar surface area (TPSA) is 65.8 Å². The Kier molecular flexibility index (Phi) is 4.46. The lowest BCUT2D eigenvalue weighted by atomic mass is 9.78. The molecule has 27 heavy (non-hydrogen) atoms. The van der Waals surface area contributed by atoms with Crippen LogP contribution in [0.1, 0.15) is 35.3 Å². The number of rotatable bonds is 3. The molecule has 1 atom stereocenters. The second-order valence-electron chi connectivity index (χ2n) is 8.03. The monoisotopic (exact) mass is 369 g/mol. The molecule has 6 nitrogen and oxygen atoms in total. The third-order valence-electron chi connectivity index (χ3n) is 6.25. The highest BCUT2D eigenvalue weighted by Gasteiger charge is 2.49. The van der Waals surface area contributed by atoms with Gasteiger partial charge in [0.2, 0.25) is 5.91 Å². The number of amides is 2. The molecule has 2 aromatic rings. The number of piperidine rings is 1. The Morgan fingerprint density at radius 1 is 1.22 bits per heavy atom. The molecule has 1 N–H and O–H groups in total. The zero-order valence-corrected chi connectivity index (χ0v) is 16.1. The molecule has 0 unspecified atom stereocenters. The first-order valence-corrected chi connectivity index (χ1v) is 9.71. The fourth-order valence-electron chi connectivity index (χ4n) is 4.75. The number of carbonyl (C=O) groups excluding carboxylic acids is 2. The van der Waals surface area contributed by atoms with Crippen LogP contribution in [-0.4, -0.2) is 64.1 Å². The van der Waals surface area contributed by atoms with Gasteiger partial charge in [0.05, 0.1) is 12.0 Å². The number of hydrogen-bond acceptors (Lipinski definition) is 3. The molecule has 1 spiro atoms. The average molecular weight is 369 g/mol. The van der Waals surface area contributed by atoms with Crippen molar-refractivity contribution in [3.8, 4) is 0 Å². The molecular weight excluding hydrogens is 342 g/mol. The maximum Gasteiger partial charge on any atom is 0.270 e. The van der Waals surface area contributed by atoms with Crippen LogP contribution in [0.2, 0.25) is 0 Å². The Morgan fingerprint density at radius 3 is 2.81 bits per heavy atom. The summed E-state index contributed by atoms with van der Waals surface area (Å²) >= 11 is 0. The molecule has 4 rings (SSSR count). The van der Waals surface area contributed by atoms with Crippen LogP contribution in [0, 0.1) is 12.3 Å². The van der Waals surface area contributed by atoms with Gasteiger partial charge in [-0.25, -0.2) is 0 Å². The molecule has 2 aliphatic rings. The first-order valence-electron chi connectivity index (χ1n) is 9.71. The molecule has 0 saturated carbocycles. The Morgan fingerprint density at radius 2 is 2.04 bits per heavy atom. The van der Waals surface area contributed by atoms with Crippen molar-refractivity contribution >= 4 is 22.7 Å². The van der Waals surface area contributed by atoms with Gasteiger partial charge in [0.15, 0.2) is 0 Å². The lowest BCUT2D eigenvalue weighted by molar-refractivity contribution is -0.146. The predicted octanol–water partition coefficient (Wildman–Crippen LogP) is 1.93. The van der Waals surface area contributed by atoms with Crippen molar-refractivity contribution in [2.45, 2.75) is 26.2 Å². The fourth-order valence-corrected chi connectivity index (χ4v) is 4.75. The molecule has 144 valence electrons. The van der Waals surface area contributed by atoms with Gasteiger partial charge in [0.1, 0.15) is 5.69 Å². The Labute approximate surface area is 159 Å². The van der Waals surface area contributed by atoms with E-state index in [0.29, 0.717) is 38.3 Å². The molecule has 2 fully saturated rings. The molecule has 1 aromatic carbocycles. The molecule has 6 heteroatoms. The van der Waals surface area contributed by atoms with Crippen LogP contribution in [0.25, 0.3) is 10.9 Å². The highest BCUT2D eigenvalue weighted by Crippen LogP contribution is 2.40. The van der Waals surface area contributed by atoms with Gasteiger partial charge in [0.25, 0.3) is 5.91 Å². The van der Waals surface area contributed by atoms with E-state index in [1.807, 2.05) is 35.6 Å². The van der Waals surface area contributed by atoms with Crippen molar-refractivity contribution in [2.24, 2.45) is 12.5 Å². The molecular formula is C21H27N3O3. The van der Waals surface area contributed by atoms with E-state index in [-0.39, 0.29) is 18.4 Å². The summed E-state index contributed by atoms with van der Waals surface area (Å²) in [7, 11) is 1.92. The van der Waals surface area contributed by atoms with Crippen molar-refractivity contribution in [3.05, 3.63) is 35.5 Å². The molecule has 2 amide bonds. The largest absolute Gasteiger partial charge is 0.395 e. The predicted molar refractivity (Wildman–Crippen MR) is 104 cm³/mol. The van der Waals surface area contributed by atoms with Crippen LogP contribution in [-0.2, 0) is 11.8 Å². The minimum absolute atomic E-state index is 0.00434. The van der Waals surface area contributed by atoms with Crippen molar-refractivity contribution in [1.82, 2.24) is 14.4 Å². The number of aryl methyl sites for hydroxylation is 2. The van der Waals surface area contributed by atoms with E-state index in [9.17, 15) is 14.7 Å². The first kappa shape index (κ1) is 18.0. The number of carbonyl (C=O) groups is 2. The number of likely N-dealkylation sites (tertiary alicyclic amines) is 2. The van der Waals surface area contributed by atoms with Gasteiger partial charge in [0, 0.05) is 44.1 Å². The minimum Gasteiger partial charge on any atom is -0.395 e. The van der Waals surface area contributed by atoms with E-state index in [2.05, 4.69) is 12.1 Å². The number of aliphatic hydroxyl groups is 1. The zero-order valence-electron chi connectivity index (χ0n) is 16.1. The minimum atomic E-state index is -0.468. The van der Waals surface area contributed by atoms with E-state index in [1.165, 1.54) is 5.56 Å². The summed E-state index contributed by atoms with van der Waals surface area (Å²) in [5.41, 5.74) is 2.41. The van der Waals surface area contributed by atoms with Gasteiger partial charge in [-0.3, -0.25) is 9.59 Å². The quantitative estimate of drug-likeness (QED) is 0.899. The average Bonchev–Trinajstić information content (AvgIpc) is 3.21. The van der Waals surface area contributed by atoms with Crippen LogP contribution >= 0.6 is 0 Å². The van der Waals surface area contributed by atoms with Crippen molar-refractivity contribution < 1.29 is 14.7 Å². The number of β-amino-alcohol motifs (C(OH)–C–C–N with tert-alkyl or cyclic N) is 1. The van der Waals surface area contributed by atoms with Crippen LogP contribution < -0.4 is 0 Å². The van der Waals surface area contributed by atoms with E-state index in [4.69, 9.17) is 0 Å². The summed E-state index contributed by atoms with van der Waals surface area (Å²) in [4.78, 5) is 29.8. The Bertz CT molecular complexity index is 901. The van der Waals surface area contributed by atoms with E-state index >= 15 is 0 Å². The zero-order chi connectivity index (χ0) is 19.2. The second-order valence-corrected chi connectivity index (χ2v) is 8.03. The van der Waals surface area contributed by atoms with Gasteiger partial charge in [-0.1, -0.05) is 11.6 Å². The summed E-state index contributed by atoms with van der Waals surface area (Å²) < 4.78 is 1.95. The highest BCUT2D eigenvalue weighted by molar-refractivity contribution is 5.99. The molecule has 0 aliphatic carbocycles. The number of aliphatic hydroxyl groups excluding tert-OH is 1. The smallest absolute Gasteiger partial charge is 0.270 e. The van der Waals surface area contributed by atoms with Crippen molar-refractivity contribution in [3.63, 3.8) is 0 Å². The number of benzene rings is 1. The lowest BCUT2D eigenvalue weighted by Crippen LogP contribution is -2.51. The van der Waals surface area contributed by atoms with Crippen LogP contribution in [0.5, 0.6) is 0 Å². The Hall–Kier alpha value is -2.34. The fraction of sp³-hybridized carbons (Fsp3) is 0.524. The highest BCUT2D eigenvalue weighted by atomic mass is 16.3. The van der Waals surface area contributed by atoms with Crippen LogP contribution in [0.3, 0.4) is 0 Å². The third-order valence-corrected chi connectivity index (χ3v) is 6.25. The van der Waals surface area contributed by atoms with E-state index in [0.717, 1.165) is 23.7 Å². The first-order chi connectivity index (χ1) is 12.9. The molecule has 0 radical (unpaired) electrons. The lowest BCUT2D eigenvalue weighted by Gasteiger charge is -2.39. The van der Waals surface area contributed by atoms with Gasteiger partial charge >= 0.3 is 0 Å². The summed E-state index contributed by atoms with van der Waals surface area (Å²) in [5, 5.41) is 10.3. The van der Waals surface area contributed by atoms with Gasteiger partial charge in [-0.15, -0.1) is 0 Å². The normalized spacial score (nSPS) is 23.0. The Balaban J connectivity index is 1.58. The summed E-state index contributed by atoms with van der Waals surface area (Å²) in [5.74, 6) is 0.0982. The number of nitrogens with zero attached hydrogens (tertiary/aromatic N) is 3. The van der Waals surface area contributed by atoms with Crippen molar-refractivity contribution in [2.75, 3.05) is 32.8 Å². The second kappa shape index (κ2) is 6.68. The van der Waals surface area contributed by atoms with Crippen molar-refractivity contribution in [1.29, 1.82) is 0 Å². The van der Waals surface area contributed by atoms with Crippen LogP contribution in [0.4, 0.5) is 0 Å². The number of fused-ring (bicyclic) bond motifs is 1. The molecule has 2 saturated heterocycles. The summed E-state index contributed by atoms with van der Waals surface area (Å²) in [6, 6.07) is 8.15. The molecule has 1 aromatic heterocycles. The maximum atomic E-state index is 13.2. The van der Waals surface area contributed by atoms with Gasteiger partial charge < -0.3 is 19.5 Å². The molecule has 3 heterocycles. The standard InChI is InChI=1S/C21H27N3O3/c1-15-4-5-17-16(12-15)13-18(22(17)2)19(26)24-9-7-21(14-24)6-3-8-23(10-11-25)20(21)27/h4-5,12-13,25H,3,6-11,14H2,1-2H3/t21-/m1/s1. The summed E-state index contributed by atoms with van der Waals surface area (Å²) in [6.45, 7) is 4.21. The number of aromatic nitrogens is 1. The van der Waals surface area contributed by atoms with Crippen LogP contribution in [0.15, 0.2) is 24.3 Å². The van der Waals surface area contributed by atoms with Gasteiger partial charge in [-0.05, 0) is 44.4 Å². The summed E-state index contributed by atoms with van der Waals surface area (Å²) in [6.07, 6.45) is 2.47. The molecule has 0 bridgehead atoms. The third kappa shape index (κ3) is 2.92. The molecule has 2 aliphatic heterocycles. The SMILES string of the molecule is Cc1ccc2c(c1)cc(C(=O)N1CC[C@]3(CCCN(CCO)C3=O)C1)n2C. The van der Waals surface area contributed by atoms with Gasteiger partial charge in [-0.2, -0.15) is 0 Å². The number of hydrogen-bond donors (Lipinski definition) is 1. The van der Waals surface area contributed by atoms with E-state index < -0.39 is 5.41 Å². The van der Waals surface area contributed by atoms with E-state index in [1.54, 1.807) is 4.90 Å². The maximum absolute atomic E-state index is 13.2.